The van der Waals surface area contributed by atoms with Crippen LogP contribution in [0, 0.1) is 5.82 Å². The fourth-order valence-electron chi connectivity index (χ4n) is 2.91. The SMILES string of the molecule is COc1ccc(CCNC(=O)c2csc3nc(-c4ccc(F)cc4)cn23)cc1. The van der Waals surface area contributed by atoms with Gasteiger partial charge in [-0.15, -0.1) is 11.3 Å². The number of hydrogen-bond donors (Lipinski definition) is 1. The van der Waals surface area contributed by atoms with Crippen molar-refractivity contribution in [3.63, 3.8) is 0 Å². The molecule has 0 saturated heterocycles. The lowest BCUT2D eigenvalue weighted by Crippen LogP contribution is -2.26. The van der Waals surface area contributed by atoms with Crippen molar-refractivity contribution in [2.75, 3.05) is 13.7 Å². The van der Waals surface area contributed by atoms with Gasteiger partial charge in [-0.25, -0.2) is 9.37 Å². The van der Waals surface area contributed by atoms with Gasteiger partial charge in [-0.3, -0.25) is 9.20 Å². The van der Waals surface area contributed by atoms with E-state index in [1.807, 2.05) is 24.3 Å². The highest BCUT2D eigenvalue weighted by Crippen LogP contribution is 2.24. The number of thiazole rings is 1. The summed E-state index contributed by atoms with van der Waals surface area (Å²) in [5.41, 5.74) is 3.18. The summed E-state index contributed by atoms with van der Waals surface area (Å²) < 4.78 is 20.0. The van der Waals surface area contributed by atoms with Crippen molar-refractivity contribution in [1.82, 2.24) is 14.7 Å². The molecule has 1 N–H and O–H groups in total. The van der Waals surface area contributed by atoms with E-state index in [2.05, 4.69) is 10.3 Å². The summed E-state index contributed by atoms with van der Waals surface area (Å²) in [5, 5.41) is 4.74. The van der Waals surface area contributed by atoms with E-state index in [4.69, 9.17) is 4.74 Å². The summed E-state index contributed by atoms with van der Waals surface area (Å²) in [6, 6.07) is 13.9. The van der Waals surface area contributed by atoms with Gasteiger partial charge in [-0.1, -0.05) is 12.1 Å². The topological polar surface area (TPSA) is 55.6 Å². The molecule has 2 aromatic carbocycles. The van der Waals surface area contributed by atoms with E-state index >= 15 is 0 Å². The number of nitrogens with one attached hydrogen (secondary N) is 1. The van der Waals surface area contributed by atoms with Crippen LogP contribution in [0.1, 0.15) is 16.1 Å². The molecule has 4 rings (SSSR count). The van der Waals surface area contributed by atoms with E-state index in [1.165, 1.54) is 23.5 Å². The van der Waals surface area contributed by atoms with Crippen LogP contribution in [0.2, 0.25) is 0 Å². The maximum Gasteiger partial charge on any atom is 0.269 e. The van der Waals surface area contributed by atoms with Gasteiger partial charge in [0.15, 0.2) is 4.96 Å². The van der Waals surface area contributed by atoms with E-state index in [0.29, 0.717) is 17.9 Å². The van der Waals surface area contributed by atoms with Crippen molar-refractivity contribution in [3.8, 4) is 17.0 Å². The Morgan fingerprint density at radius 1 is 1.18 bits per heavy atom. The van der Waals surface area contributed by atoms with E-state index in [9.17, 15) is 9.18 Å². The highest BCUT2D eigenvalue weighted by atomic mass is 32.1. The molecule has 4 aromatic rings. The molecule has 0 unspecified atom stereocenters. The normalized spacial score (nSPS) is 10.9. The second-order valence-electron chi connectivity index (χ2n) is 6.26. The van der Waals surface area contributed by atoms with Crippen molar-refractivity contribution in [3.05, 3.63) is 77.2 Å². The second kappa shape index (κ2) is 7.82. The quantitative estimate of drug-likeness (QED) is 0.533. The Balaban J connectivity index is 1.44. The first kappa shape index (κ1) is 18.2. The van der Waals surface area contributed by atoms with Gasteiger partial charge in [-0.2, -0.15) is 0 Å². The predicted molar refractivity (Wildman–Crippen MR) is 107 cm³/mol. The Kier molecular flexibility index (Phi) is 5.08. The molecular formula is C21H18FN3O2S. The van der Waals surface area contributed by atoms with Crippen LogP contribution in [-0.4, -0.2) is 28.9 Å². The lowest BCUT2D eigenvalue weighted by molar-refractivity contribution is 0.0948. The highest BCUT2D eigenvalue weighted by Gasteiger charge is 2.15. The first-order valence-electron chi connectivity index (χ1n) is 8.78. The number of halogens is 1. The molecule has 28 heavy (non-hydrogen) atoms. The first-order valence-corrected chi connectivity index (χ1v) is 9.65. The van der Waals surface area contributed by atoms with E-state index in [1.54, 1.807) is 35.2 Å². The van der Waals surface area contributed by atoms with E-state index in [0.717, 1.165) is 28.3 Å². The molecule has 0 radical (unpaired) electrons. The number of benzene rings is 2. The summed E-state index contributed by atoms with van der Waals surface area (Å²) in [4.78, 5) is 17.8. The van der Waals surface area contributed by atoms with Crippen LogP contribution in [-0.2, 0) is 6.42 Å². The molecule has 0 bridgehead atoms. The van der Waals surface area contributed by atoms with Crippen molar-refractivity contribution < 1.29 is 13.9 Å². The summed E-state index contributed by atoms with van der Waals surface area (Å²) in [7, 11) is 1.63. The predicted octanol–water partition coefficient (Wildman–Crippen LogP) is 4.18. The molecule has 2 aromatic heterocycles. The van der Waals surface area contributed by atoms with Crippen LogP contribution in [0.15, 0.2) is 60.1 Å². The molecule has 0 aliphatic rings. The molecular weight excluding hydrogens is 377 g/mol. The zero-order valence-electron chi connectivity index (χ0n) is 15.2. The van der Waals surface area contributed by atoms with Gasteiger partial charge in [0.25, 0.3) is 5.91 Å². The molecule has 0 spiro atoms. The van der Waals surface area contributed by atoms with Gasteiger partial charge in [0.2, 0.25) is 0 Å². The smallest absolute Gasteiger partial charge is 0.269 e. The van der Waals surface area contributed by atoms with Gasteiger partial charge in [0.05, 0.1) is 12.8 Å². The zero-order chi connectivity index (χ0) is 19.5. The lowest BCUT2D eigenvalue weighted by atomic mass is 10.1. The molecule has 0 atom stereocenters. The van der Waals surface area contributed by atoms with E-state index < -0.39 is 0 Å². The summed E-state index contributed by atoms with van der Waals surface area (Å²) in [6.07, 6.45) is 2.53. The van der Waals surface area contributed by atoms with Crippen LogP contribution in [0.25, 0.3) is 16.2 Å². The van der Waals surface area contributed by atoms with Crippen molar-refractivity contribution in [2.45, 2.75) is 6.42 Å². The summed E-state index contributed by atoms with van der Waals surface area (Å²) >= 11 is 1.40. The highest BCUT2D eigenvalue weighted by molar-refractivity contribution is 7.15. The zero-order valence-corrected chi connectivity index (χ0v) is 16.0. The Bertz CT molecular complexity index is 1100. The van der Waals surface area contributed by atoms with Crippen LogP contribution >= 0.6 is 11.3 Å². The third-order valence-corrected chi connectivity index (χ3v) is 5.28. The molecule has 0 saturated carbocycles. The number of aromatic nitrogens is 2. The Labute approximate surface area is 165 Å². The summed E-state index contributed by atoms with van der Waals surface area (Å²) in [6.45, 7) is 0.530. The number of ether oxygens (including phenoxy) is 1. The summed E-state index contributed by atoms with van der Waals surface area (Å²) in [5.74, 6) is 0.370. The third-order valence-electron chi connectivity index (χ3n) is 4.44. The number of rotatable bonds is 6. The number of methoxy groups -OCH3 is 1. The third kappa shape index (κ3) is 3.75. The number of nitrogens with zero attached hydrogens (tertiary/aromatic N) is 2. The van der Waals surface area contributed by atoms with Crippen LogP contribution in [0.4, 0.5) is 4.39 Å². The average Bonchev–Trinajstić information content (AvgIpc) is 3.30. The van der Waals surface area contributed by atoms with Gasteiger partial charge in [0, 0.05) is 23.7 Å². The van der Waals surface area contributed by atoms with Crippen LogP contribution in [0.3, 0.4) is 0 Å². The van der Waals surface area contributed by atoms with Gasteiger partial charge < -0.3 is 10.1 Å². The molecule has 0 aliphatic heterocycles. The molecule has 7 heteroatoms. The second-order valence-corrected chi connectivity index (χ2v) is 7.10. The monoisotopic (exact) mass is 395 g/mol. The van der Waals surface area contributed by atoms with Gasteiger partial charge >= 0.3 is 0 Å². The minimum atomic E-state index is -0.290. The lowest BCUT2D eigenvalue weighted by Gasteiger charge is -2.06. The molecule has 2 heterocycles. The number of amides is 1. The van der Waals surface area contributed by atoms with Crippen molar-refractivity contribution in [2.24, 2.45) is 0 Å². The molecule has 142 valence electrons. The fourth-order valence-corrected chi connectivity index (χ4v) is 3.76. The Morgan fingerprint density at radius 3 is 2.64 bits per heavy atom. The molecule has 0 fully saturated rings. The standard InChI is InChI=1S/C21H18FN3O2S/c1-27-17-8-2-14(3-9-17)10-11-23-20(26)19-13-28-21-24-18(12-25(19)21)15-4-6-16(22)7-5-15/h2-9,12-13H,10-11H2,1H3,(H,23,26). The number of imidazole rings is 1. The van der Waals surface area contributed by atoms with Crippen molar-refractivity contribution in [1.29, 1.82) is 0 Å². The van der Waals surface area contributed by atoms with E-state index in [-0.39, 0.29) is 11.7 Å². The largest absolute Gasteiger partial charge is 0.497 e. The number of carbonyl (C=O) groups is 1. The molecule has 1 amide bonds. The number of carbonyl (C=O) groups excluding carboxylic acids is 1. The molecule has 5 nitrogen and oxygen atoms in total. The van der Waals surface area contributed by atoms with Crippen LogP contribution < -0.4 is 10.1 Å². The first-order chi connectivity index (χ1) is 13.6. The minimum Gasteiger partial charge on any atom is -0.497 e. The number of fused-ring (bicyclic) bond motifs is 1. The minimum absolute atomic E-state index is 0.150. The number of hydrogen-bond acceptors (Lipinski definition) is 4. The maximum atomic E-state index is 13.1. The Hall–Kier alpha value is -3.19. The average molecular weight is 395 g/mol. The van der Waals surface area contributed by atoms with Gasteiger partial charge in [-0.05, 0) is 48.4 Å². The molecule has 0 aliphatic carbocycles. The van der Waals surface area contributed by atoms with Crippen LogP contribution in [0.5, 0.6) is 5.75 Å². The maximum absolute atomic E-state index is 13.1. The van der Waals surface area contributed by atoms with Gasteiger partial charge in [0.1, 0.15) is 17.3 Å². The van der Waals surface area contributed by atoms with Crippen molar-refractivity contribution >= 4 is 22.2 Å². The fraction of sp³-hybridized carbons (Fsp3) is 0.143. The Morgan fingerprint density at radius 2 is 1.93 bits per heavy atom.